The van der Waals surface area contributed by atoms with Gasteiger partial charge in [-0.05, 0) is 93.5 Å². The first-order valence-electron chi connectivity index (χ1n) is 15.8. The number of alkyl halides is 3. The summed E-state index contributed by atoms with van der Waals surface area (Å²) in [6.45, 7) is 0. The molecule has 2 aliphatic rings. The highest BCUT2D eigenvalue weighted by Crippen LogP contribution is 2.66. The standard InChI is InChI=1S/C40H28F3O6PS/c1-47-25-17-21-27(22-18-25)50(44,28-23-19-26(48-2)20-24-28)36-16-8-12-32-30-10-4-6-14-34(30)39(38(32)36)33-13-5-3-9-29(33)31-11-7-15-35(37(31)39)49-51(45,46)40(41,42)43/h3-24H,1-2H3/t39-/m1/s1. The molecular weight excluding hydrogens is 696 g/mol. The van der Waals surface area contributed by atoms with Crippen molar-refractivity contribution < 1.29 is 39.8 Å². The molecular formula is C40H28F3O6PS. The van der Waals surface area contributed by atoms with E-state index >= 15 is 4.57 Å². The predicted molar refractivity (Wildman–Crippen MR) is 191 cm³/mol. The second-order valence-electron chi connectivity index (χ2n) is 12.2. The maximum atomic E-state index is 16.4. The quantitative estimate of drug-likeness (QED) is 0.0945. The second-order valence-corrected chi connectivity index (χ2v) is 16.5. The van der Waals surface area contributed by atoms with Crippen molar-refractivity contribution in [3.8, 4) is 39.5 Å². The largest absolute Gasteiger partial charge is 0.534 e. The molecule has 0 aromatic heterocycles. The Morgan fingerprint density at radius 2 is 1.02 bits per heavy atom. The van der Waals surface area contributed by atoms with Crippen LogP contribution < -0.4 is 29.6 Å². The normalized spacial score (nSPS) is 15.9. The van der Waals surface area contributed by atoms with Crippen molar-refractivity contribution in [3.63, 3.8) is 0 Å². The van der Waals surface area contributed by atoms with Gasteiger partial charge >= 0.3 is 15.6 Å². The number of hydrogen-bond donors (Lipinski definition) is 0. The lowest BCUT2D eigenvalue weighted by Crippen LogP contribution is -2.36. The average Bonchev–Trinajstić information content (AvgIpc) is 3.62. The first-order chi connectivity index (χ1) is 24.5. The molecule has 0 N–H and O–H groups in total. The van der Waals surface area contributed by atoms with E-state index in [0.717, 1.165) is 5.56 Å². The zero-order valence-corrected chi connectivity index (χ0v) is 28.9. The van der Waals surface area contributed by atoms with E-state index in [0.29, 0.717) is 60.8 Å². The molecule has 6 aromatic rings. The molecule has 0 heterocycles. The van der Waals surface area contributed by atoms with Crippen LogP contribution in [-0.2, 0) is 20.1 Å². The van der Waals surface area contributed by atoms with Gasteiger partial charge in [-0.1, -0.05) is 78.9 Å². The molecule has 0 radical (unpaired) electrons. The van der Waals surface area contributed by atoms with Crippen LogP contribution in [0.15, 0.2) is 133 Å². The van der Waals surface area contributed by atoms with Gasteiger partial charge in [-0.3, -0.25) is 0 Å². The highest BCUT2D eigenvalue weighted by atomic mass is 32.2. The Labute approximate surface area is 292 Å². The van der Waals surface area contributed by atoms with Gasteiger partial charge in [0.15, 0.2) is 7.14 Å². The molecule has 6 aromatic carbocycles. The molecule has 0 saturated carbocycles. The Balaban J connectivity index is 1.53. The molecule has 6 nitrogen and oxygen atoms in total. The number of benzene rings is 6. The van der Waals surface area contributed by atoms with E-state index in [-0.39, 0.29) is 5.56 Å². The Morgan fingerprint density at radius 1 is 0.569 bits per heavy atom. The van der Waals surface area contributed by atoms with Crippen LogP contribution in [0.25, 0.3) is 22.3 Å². The summed E-state index contributed by atoms with van der Waals surface area (Å²) in [7, 11) is -6.84. The number of rotatable bonds is 7. The van der Waals surface area contributed by atoms with Gasteiger partial charge in [0.25, 0.3) is 0 Å². The molecule has 256 valence electrons. The molecule has 0 aliphatic heterocycles. The number of hydrogen-bond acceptors (Lipinski definition) is 6. The van der Waals surface area contributed by atoms with E-state index < -0.39 is 33.9 Å². The van der Waals surface area contributed by atoms with E-state index in [1.54, 1.807) is 60.7 Å². The third-order valence-corrected chi connectivity index (χ3v) is 13.8. The average molecular weight is 725 g/mol. The maximum absolute atomic E-state index is 16.4. The second kappa shape index (κ2) is 11.6. The van der Waals surface area contributed by atoms with Crippen molar-refractivity contribution in [2.75, 3.05) is 14.2 Å². The van der Waals surface area contributed by atoms with Crippen molar-refractivity contribution >= 4 is 33.2 Å². The van der Waals surface area contributed by atoms with Crippen LogP contribution in [0.4, 0.5) is 13.2 Å². The molecule has 51 heavy (non-hydrogen) atoms. The fourth-order valence-corrected chi connectivity index (χ4v) is 11.1. The third-order valence-electron chi connectivity index (χ3n) is 9.76. The van der Waals surface area contributed by atoms with Gasteiger partial charge in [0.2, 0.25) is 0 Å². The lowest BCUT2D eigenvalue weighted by molar-refractivity contribution is -0.0500. The zero-order valence-electron chi connectivity index (χ0n) is 27.1. The van der Waals surface area contributed by atoms with E-state index in [1.807, 2.05) is 60.7 Å². The van der Waals surface area contributed by atoms with Crippen LogP contribution in [0, 0.1) is 0 Å². The van der Waals surface area contributed by atoms with E-state index in [1.165, 1.54) is 26.4 Å². The highest BCUT2D eigenvalue weighted by Gasteiger charge is 2.57. The number of halogens is 3. The Kier molecular flexibility index (Phi) is 7.49. The monoisotopic (exact) mass is 724 g/mol. The lowest BCUT2D eigenvalue weighted by atomic mass is 9.70. The van der Waals surface area contributed by atoms with Crippen LogP contribution in [0.1, 0.15) is 22.3 Å². The summed E-state index contributed by atoms with van der Waals surface area (Å²) in [5.41, 5.74) is -2.29. The summed E-state index contributed by atoms with van der Waals surface area (Å²) < 4.78 is 99.4. The fourth-order valence-electron chi connectivity index (χ4n) is 7.71. The molecule has 8 rings (SSSR count). The molecule has 1 spiro atoms. The highest BCUT2D eigenvalue weighted by molar-refractivity contribution is 7.88. The fraction of sp³-hybridized carbons (Fsp3) is 0.100. The van der Waals surface area contributed by atoms with Gasteiger partial charge in [0, 0.05) is 21.5 Å². The van der Waals surface area contributed by atoms with E-state index in [2.05, 4.69) is 0 Å². The van der Waals surface area contributed by atoms with Crippen LogP contribution in [0.2, 0.25) is 0 Å². The van der Waals surface area contributed by atoms with Crippen molar-refractivity contribution in [1.29, 1.82) is 0 Å². The molecule has 0 saturated heterocycles. The first-order valence-corrected chi connectivity index (χ1v) is 19.0. The summed E-state index contributed by atoms with van der Waals surface area (Å²) >= 11 is 0. The number of methoxy groups -OCH3 is 2. The summed E-state index contributed by atoms with van der Waals surface area (Å²) in [5, 5.41) is 1.41. The molecule has 0 unspecified atom stereocenters. The van der Waals surface area contributed by atoms with Gasteiger partial charge in [-0.2, -0.15) is 21.6 Å². The zero-order chi connectivity index (χ0) is 35.8. The minimum atomic E-state index is -6.08. The van der Waals surface area contributed by atoms with Crippen molar-refractivity contribution in [2.45, 2.75) is 10.9 Å². The Morgan fingerprint density at radius 3 is 1.51 bits per heavy atom. The SMILES string of the molecule is COc1ccc(P(=O)(c2ccc(OC)cc2)c2cccc3c2[C@]2(c4ccccc4-c4cccc(OS(=O)(=O)C(F)(F)F)c42)c2ccccc2-3)cc1. The summed E-state index contributed by atoms with van der Waals surface area (Å²) in [4.78, 5) is 0. The summed E-state index contributed by atoms with van der Waals surface area (Å²) in [6, 6.07) is 38.7. The van der Waals surface area contributed by atoms with Gasteiger partial charge in [0.1, 0.15) is 17.2 Å². The minimum absolute atomic E-state index is 0.216. The van der Waals surface area contributed by atoms with Gasteiger partial charge in [-0.15, -0.1) is 0 Å². The molecule has 0 bridgehead atoms. The summed E-state index contributed by atoms with van der Waals surface area (Å²) in [5.74, 6) is 0.657. The molecule has 2 aliphatic carbocycles. The molecule has 1 atom stereocenters. The Bertz CT molecular complexity index is 2450. The van der Waals surface area contributed by atoms with E-state index in [9.17, 15) is 21.6 Å². The van der Waals surface area contributed by atoms with Crippen LogP contribution >= 0.6 is 7.14 Å². The van der Waals surface area contributed by atoms with Crippen LogP contribution in [0.5, 0.6) is 17.2 Å². The predicted octanol–water partition coefficient (Wildman–Crippen LogP) is 7.92. The Hall–Kier alpha value is -5.31. The van der Waals surface area contributed by atoms with Crippen molar-refractivity contribution in [1.82, 2.24) is 0 Å². The van der Waals surface area contributed by atoms with E-state index in [4.69, 9.17) is 13.7 Å². The van der Waals surface area contributed by atoms with Crippen molar-refractivity contribution in [2.24, 2.45) is 0 Å². The van der Waals surface area contributed by atoms with Gasteiger partial charge in [-0.25, -0.2) is 0 Å². The smallest absolute Gasteiger partial charge is 0.497 e. The minimum Gasteiger partial charge on any atom is -0.497 e. The number of ether oxygens (including phenoxy) is 2. The van der Waals surface area contributed by atoms with Crippen molar-refractivity contribution in [3.05, 3.63) is 156 Å². The van der Waals surface area contributed by atoms with Gasteiger partial charge in [0.05, 0.1) is 19.6 Å². The maximum Gasteiger partial charge on any atom is 0.534 e. The molecule has 11 heteroatoms. The third kappa shape index (κ3) is 4.63. The number of fused-ring (bicyclic) bond motifs is 10. The topological polar surface area (TPSA) is 78.9 Å². The van der Waals surface area contributed by atoms with Crippen LogP contribution in [0.3, 0.4) is 0 Å². The molecule has 0 amide bonds. The first kappa shape index (κ1) is 32.9. The summed E-state index contributed by atoms with van der Waals surface area (Å²) in [6.07, 6.45) is 0. The van der Waals surface area contributed by atoms with Crippen LogP contribution in [-0.4, -0.2) is 28.1 Å². The lowest BCUT2D eigenvalue weighted by Gasteiger charge is -2.34. The molecule has 0 fully saturated rings. The van der Waals surface area contributed by atoms with Gasteiger partial charge < -0.3 is 18.2 Å².